The third-order valence-corrected chi connectivity index (χ3v) is 5.93. The summed E-state index contributed by atoms with van der Waals surface area (Å²) in [6.45, 7) is 8.67. The van der Waals surface area contributed by atoms with Crippen LogP contribution in [0.25, 0.3) is 11.4 Å². The van der Waals surface area contributed by atoms with Crippen LogP contribution in [0.4, 0.5) is 5.69 Å². The first-order valence-corrected chi connectivity index (χ1v) is 11.5. The first kappa shape index (κ1) is 23.6. The third kappa shape index (κ3) is 5.78. The minimum atomic E-state index is -0.0866. The largest absolute Gasteiger partial charge is 0.311 e. The van der Waals surface area contributed by atoms with E-state index in [0.717, 1.165) is 22.4 Å². The monoisotopic (exact) mass is 465 g/mol. The number of allylic oxidation sites excluding steroid dienone is 1. The lowest BCUT2D eigenvalue weighted by molar-refractivity contribution is -0.116. The Hall–Kier alpha value is -3.08. The number of halogens is 1. The number of hydrogen-bond acceptors (Lipinski definition) is 5. The molecule has 0 spiro atoms. The van der Waals surface area contributed by atoms with Gasteiger partial charge in [0.2, 0.25) is 5.91 Å². The summed E-state index contributed by atoms with van der Waals surface area (Å²) in [4.78, 5) is 14.8. The van der Waals surface area contributed by atoms with E-state index < -0.39 is 0 Å². The minimum Gasteiger partial charge on any atom is -0.311 e. The molecule has 0 fully saturated rings. The summed E-state index contributed by atoms with van der Waals surface area (Å²) in [5.41, 5.74) is 3.83. The van der Waals surface area contributed by atoms with Crippen LogP contribution in [-0.4, -0.2) is 33.0 Å². The summed E-state index contributed by atoms with van der Waals surface area (Å²) in [5, 5.41) is 18.9. The molecule has 0 saturated carbocycles. The predicted molar refractivity (Wildman–Crippen MR) is 130 cm³/mol. The van der Waals surface area contributed by atoms with Crippen LogP contribution in [0.2, 0.25) is 5.02 Å². The van der Waals surface area contributed by atoms with Crippen molar-refractivity contribution in [1.82, 2.24) is 14.8 Å². The molecule has 32 heavy (non-hydrogen) atoms. The molecule has 3 rings (SSSR count). The number of nitrogens with zero attached hydrogens (tertiary/aromatic N) is 5. The zero-order valence-electron chi connectivity index (χ0n) is 18.1. The van der Waals surface area contributed by atoms with Gasteiger partial charge in [0.05, 0.1) is 18.2 Å². The quantitative estimate of drug-likeness (QED) is 0.310. The number of amides is 1. The van der Waals surface area contributed by atoms with Crippen LogP contribution in [0.5, 0.6) is 0 Å². The van der Waals surface area contributed by atoms with E-state index in [1.54, 1.807) is 23.1 Å². The van der Waals surface area contributed by atoms with Gasteiger partial charge in [0.15, 0.2) is 11.0 Å². The molecule has 0 radical (unpaired) electrons. The molecule has 2 aromatic carbocycles. The van der Waals surface area contributed by atoms with Crippen molar-refractivity contribution in [3.63, 3.8) is 0 Å². The number of nitriles is 1. The van der Waals surface area contributed by atoms with E-state index >= 15 is 0 Å². The second kappa shape index (κ2) is 11.0. The number of rotatable bonds is 9. The molecule has 0 bridgehead atoms. The van der Waals surface area contributed by atoms with Crippen molar-refractivity contribution in [2.24, 2.45) is 0 Å². The third-order valence-electron chi connectivity index (χ3n) is 4.72. The fourth-order valence-electron chi connectivity index (χ4n) is 3.37. The van der Waals surface area contributed by atoms with Gasteiger partial charge in [0, 0.05) is 29.4 Å². The molecule has 0 N–H and O–H groups in total. The van der Waals surface area contributed by atoms with Crippen molar-refractivity contribution in [3.8, 4) is 17.5 Å². The van der Waals surface area contributed by atoms with Gasteiger partial charge in [-0.05, 0) is 61.4 Å². The van der Waals surface area contributed by atoms with E-state index in [1.807, 2.05) is 42.7 Å². The lowest BCUT2D eigenvalue weighted by atomic mass is 10.1. The topological polar surface area (TPSA) is 74.8 Å². The van der Waals surface area contributed by atoms with Crippen molar-refractivity contribution in [3.05, 3.63) is 71.3 Å². The Morgan fingerprint density at radius 2 is 1.91 bits per heavy atom. The maximum atomic E-state index is 13.1. The lowest BCUT2D eigenvalue weighted by Gasteiger charge is -2.22. The van der Waals surface area contributed by atoms with E-state index in [4.69, 9.17) is 16.9 Å². The van der Waals surface area contributed by atoms with Gasteiger partial charge in [-0.25, -0.2) is 0 Å². The second-order valence-electron chi connectivity index (χ2n) is 7.30. The molecule has 0 aliphatic carbocycles. The Kier molecular flexibility index (Phi) is 8.09. The SMILES string of the molecule is C=CCn1c(SCC(=O)N(CCC#N)c2cc(C)cc(C)c2)nnc1-c1ccc(Cl)cc1. The highest BCUT2D eigenvalue weighted by Gasteiger charge is 2.19. The maximum Gasteiger partial charge on any atom is 0.237 e. The Morgan fingerprint density at radius 3 is 2.53 bits per heavy atom. The Balaban J connectivity index is 1.82. The normalized spacial score (nSPS) is 10.6. The number of anilines is 1. The summed E-state index contributed by atoms with van der Waals surface area (Å²) in [6, 6.07) is 15.5. The molecule has 3 aromatic rings. The summed E-state index contributed by atoms with van der Waals surface area (Å²) >= 11 is 7.32. The molecule has 0 aliphatic rings. The molecule has 6 nitrogen and oxygen atoms in total. The molecule has 0 saturated heterocycles. The summed E-state index contributed by atoms with van der Waals surface area (Å²) in [5.74, 6) is 0.775. The molecule has 0 atom stereocenters. The van der Waals surface area contributed by atoms with Gasteiger partial charge >= 0.3 is 0 Å². The molecule has 0 unspecified atom stereocenters. The number of thioether (sulfide) groups is 1. The average Bonchev–Trinajstić information content (AvgIpc) is 3.15. The predicted octanol–water partition coefficient (Wildman–Crippen LogP) is 5.44. The van der Waals surface area contributed by atoms with Gasteiger partial charge in [-0.15, -0.1) is 16.8 Å². The minimum absolute atomic E-state index is 0.0866. The van der Waals surface area contributed by atoms with Crippen molar-refractivity contribution in [2.75, 3.05) is 17.2 Å². The number of aryl methyl sites for hydroxylation is 2. The van der Waals surface area contributed by atoms with Crippen molar-refractivity contribution >= 4 is 35.0 Å². The van der Waals surface area contributed by atoms with Crippen LogP contribution < -0.4 is 4.90 Å². The standard InChI is InChI=1S/C24H24ClN5OS/c1-4-11-30-23(19-6-8-20(25)9-7-19)27-28-24(30)32-16-22(31)29(12-5-10-26)21-14-17(2)13-18(3)15-21/h4,6-9,13-15H,1,5,11-12,16H2,2-3H3. The summed E-state index contributed by atoms with van der Waals surface area (Å²) < 4.78 is 1.92. The Labute approximate surface area is 197 Å². The Bertz CT molecular complexity index is 1130. The molecular formula is C24H24ClN5OS. The van der Waals surface area contributed by atoms with E-state index in [-0.39, 0.29) is 18.1 Å². The van der Waals surface area contributed by atoms with E-state index in [0.29, 0.717) is 29.1 Å². The number of benzene rings is 2. The molecule has 0 aliphatic heterocycles. The van der Waals surface area contributed by atoms with Gasteiger partial charge < -0.3 is 4.90 Å². The zero-order chi connectivity index (χ0) is 23.1. The maximum absolute atomic E-state index is 13.1. The van der Waals surface area contributed by atoms with Gasteiger partial charge in [0.25, 0.3) is 0 Å². The number of carbonyl (C=O) groups excluding carboxylic acids is 1. The first-order chi connectivity index (χ1) is 15.4. The highest BCUT2D eigenvalue weighted by Crippen LogP contribution is 2.26. The van der Waals surface area contributed by atoms with E-state index in [1.165, 1.54) is 11.8 Å². The van der Waals surface area contributed by atoms with Crippen LogP contribution in [0.3, 0.4) is 0 Å². The number of aromatic nitrogens is 3. The Morgan fingerprint density at radius 1 is 1.22 bits per heavy atom. The van der Waals surface area contributed by atoms with Crippen molar-refractivity contribution in [1.29, 1.82) is 5.26 Å². The number of hydrogen-bond donors (Lipinski definition) is 0. The fourth-order valence-corrected chi connectivity index (χ4v) is 4.32. The molecule has 8 heteroatoms. The van der Waals surface area contributed by atoms with Crippen LogP contribution in [0.15, 0.2) is 60.3 Å². The van der Waals surface area contributed by atoms with E-state index in [2.05, 4.69) is 28.9 Å². The summed E-state index contributed by atoms with van der Waals surface area (Å²) in [6.07, 6.45) is 2.03. The molecule has 1 heterocycles. The molecule has 1 amide bonds. The smallest absolute Gasteiger partial charge is 0.237 e. The summed E-state index contributed by atoms with van der Waals surface area (Å²) in [7, 11) is 0. The van der Waals surface area contributed by atoms with Crippen molar-refractivity contribution < 1.29 is 4.79 Å². The lowest BCUT2D eigenvalue weighted by Crippen LogP contribution is -2.33. The van der Waals surface area contributed by atoms with Crippen LogP contribution in [-0.2, 0) is 11.3 Å². The van der Waals surface area contributed by atoms with Crippen LogP contribution >= 0.6 is 23.4 Å². The first-order valence-electron chi connectivity index (χ1n) is 10.1. The van der Waals surface area contributed by atoms with Crippen LogP contribution in [0.1, 0.15) is 17.5 Å². The van der Waals surface area contributed by atoms with Gasteiger partial charge in [-0.1, -0.05) is 35.5 Å². The van der Waals surface area contributed by atoms with Gasteiger partial charge in [0.1, 0.15) is 0 Å². The zero-order valence-corrected chi connectivity index (χ0v) is 19.7. The van der Waals surface area contributed by atoms with E-state index in [9.17, 15) is 4.79 Å². The van der Waals surface area contributed by atoms with Gasteiger partial charge in [-0.3, -0.25) is 9.36 Å². The van der Waals surface area contributed by atoms with Crippen molar-refractivity contribution in [2.45, 2.75) is 32.0 Å². The highest BCUT2D eigenvalue weighted by atomic mass is 35.5. The molecule has 1 aromatic heterocycles. The highest BCUT2D eigenvalue weighted by molar-refractivity contribution is 7.99. The second-order valence-corrected chi connectivity index (χ2v) is 8.68. The molecule has 164 valence electrons. The molecular weight excluding hydrogens is 442 g/mol. The average molecular weight is 466 g/mol. The number of carbonyl (C=O) groups is 1. The fraction of sp³-hybridized carbons (Fsp3) is 0.250. The van der Waals surface area contributed by atoms with Crippen LogP contribution in [0, 0.1) is 25.2 Å². The van der Waals surface area contributed by atoms with Gasteiger partial charge in [-0.2, -0.15) is 5.26 Å².